The van der Waals surface area contributed by atoms with Gasteiger partial charge in [0.2, 0.25) is 0 Å². The lowest BCUT2D eigenvalue weighted by molar-refractivity contribution is 0.480. The molecule has 1 unspecified atom stereocenters. The number of hydrogen-bond acceptors (Lipinski definition) is 2. The fraction of sp³-hybridized carbons (Fsp3) is 0.692. The van der Waals surface area contributed by atoms with Crippen LogP contribution in [0.15, 0.2) is 5.38 Å². The van der Waals surface area contributed by atoms with Gasteiger partial charge in [0, 0.05) is 10.9 Å². The van der Waals surface area contributed by atoms with Gasteiger partial charge in [0.25, 0.3) is 0 Å². The quantitative estimate of drug-likeness (QED) is 0.788. The summed E-state index contributed by atoms with van der Waals surface area (Å²) in [4.78, 5) is 1.35. The van der Waals surface area contributed by atoms with Crippen LogP contribution < -0.4 is 5.32 Å². The summed E-state index contributed by atoms with van der Waals surface area (Å²) >= 11 is 8.17. The maximum absolute atomic E-state index is 6.36. The van der Waals surface area contributed by atoms with Crippen molar-refractivity contribution in [3.63, 3.8) is 0 Å². The molecule has 1 heterocycles. The molecule has 0 spiro atoms. The SMILES string of the molecule is CCCNC(CC1CC1)c1scc(C)c1Cl. The first kappa shape index (κ1) is 12.4. The molecule has 90 valence electrons. The molecular formula is C13H20ClNS. The van der Waals surface area contributed by atoms with Crippen LogP contribution >= 0.6 is 22.9 Å². The zero-order chi connectivity index (χ0) is 11.5. The molecule has 0 bridgehead atoms. The van der Waals surface area contributed by atoms with E-state index in [1.807, 2.05) is 11.3 Å². The Hall–Kier alpha value is -0.0500. The van der Waals surface area contributed by atoms with Gasteiger partial charge in [0.15, 0.2) is 0 Å². The van der Waals surface area contributed by atoms with E-state index < -0.39 is 0 Å². The molecule has 0 radical (unpaired) electrons. The van der Waals surface area contributed by atoms with Gasteiger partial charge in [-0.3, -0.25) is 0 Å². The standard InChI is InChI=1S/C13H20ClNS/c1-3-6-15-11(7-10-4-5-10)13-12(14)9(2)8-16-13/h8,10-11,15H,3-7H2,1-2H3. The highest BCUT2D eigenvalue weighted by atomic mass is 35.5. The van der Waals surface area contributed by atoms with Crippen molar-refractivity contribution in [1.29, 1.82) is 0 Å². The van der Waals surface area contributed by atoms with Crippen LogP contribution in [-0.4, -0.2) is 6.54 Å². The number of rotatable bonds is 6. The number of halogens is 1. The minimum Gasteiger partial charge on any atom is -0.309 e. The Labute approximate surface area is 107 Å². The second-order valence-corrected chi connectivity index (χ2v) is 6.07. The van der Waals surface area contributed by atoms with Gasteiger partial charge in [-0.2, -0.15) is 0 Å². The van der Waals surface area contributed by atoms with Gasteiger partial charge in [0.1, 0.15) is 0 Å². The van der Waals surface area contributed by atoms with Crippen molar-refractivity contribution in [2.45, 2.75) is 45.6 Å². The predicted molar refractivity (Wildman–Crippen MR) is 72.4 cm³/mol. The van der Waals surface area contributed by atoms with Gasteiger partial charge in [-0.15, -0.1) is 11.3 Å². The van der Waals surface area contributed by atoms with E-state index in [0.29, 0.717) is 6.04 Å². The molecule has 0 aliphatic heterocycles. The second kappa shape index (κ2) is 5.52. The molecule has 1 aliphatic rings. The van der Waals surface area contributed by atoms with Gasteiger partial charge >= 0.3 is 0 Å². The maximum Gasteiger partial charge on any atom is 0.0590 e. The summed E-state index contributed by atoms with van der Waals surface area (Å²) < 4.78 is 0. The Kier molecular flexibility index (Phi) is 4.28. The highest BCUT2D eigenvalue weighted by molar-refractivity contribution is 7.10. The third-order valence-corrected chi connectivity index (χ3v) is 4.98. The van der Waals surface area contributed by atoms with Crippen LogP contribution in [0.1, 0.15) is 49.1 Å². The van der Waals surface area contributed by atoms with Crippen molar-refractivity contribution in [3.05, 3.63) is 20.8 Å². The van der Waals surface area contributed by atoms with E-state index in [1.165, 1.54) is 36.1 Å². The van der Waals surface area contributed by atoms with Crippen LogP contribution in [0.25, 0.3) is 0 Å². The monoisotopic (exact) mass is 257 g/mol. The van der Waals surface area contributed by atoms with Crippen molar-refractivity contribution < 1.29 is 0 Å². The molecule has 1 fully saturated rings. The Morgan fingerprint density at radius 2 is 2.31 bits per heavy atom. The van der Waals surface area contributed by atoms with Crippen molar-refractivity contribution in [3.8, 4) is 0 Å². The van der Waals surface area contributed by atoms with Crippen LogP contribution in [0.5, 0.6) is 0 Å². The number of aryl methyl sites for hydroxylation is 1. The molecule has 1 N–H and O–H groups in total. The van der Waals surface area contributed by atoms with Crippen LogP contribution in [0, 0.1) is 12.8 Å². The van der Waals surface area contributed by atoms with Gasteiger partial charge in [-0.05, 0) is 43.2 Å². The van der Waals surface area contributed by atoms with Crippen LogP contribution in [-0.2, 0) is 0 Å². The fourth-order valence-electron chi connectivity index (χ4n) is 1.97. The van der Waals surface area contributed by atoms with Crippen LogP contribution in [0.4, 0.5) is 0 Å². The van der Waals surface area contributed by atoms with Gasteiger partial charge < -0.3 is 5.32 Å². The Balaban J connectivity index is 2.06. The summed E-state index contributed by atoms with van der Waals surface area (Å²) in [7, 11) is 0. The predicted octanol–water partition coefficient (Wildman–Crippen LogP) is 4.55. The number of hydrogen-bond donors (Lipinski definition) is 1. The number of thiophene rings is 1. The zero-order valence-corrected chi connectivity index (χ0v) is 11.6. The first-order chi connectivity index (χ1) is 7.72. The molecule has 1 aromatic rings. The van der Waals surface area contributed by atoms with Crippen molar-refractivity contribution >= 4 is 22.9 Å². The van der Waals surface area contributed by atoms with Crippen molar-refractivity contribution in [1.82, 2.24) is 5.32 Å². The normalized spacial score (nSPS) is 17.7. The van der Waals surface area contributed by atoms with Crippen LogP contribution in [0.3, 0.4) is 0 Å². The molecule has 3 heteroatoms. The maximum atomic E-state index is 6.36. The van der Waals surface area contributed by atoms with Crippen molar-refractivity contribution in [2.75, 3.05) is 6.54 Å². The first-order valence-corrected chi connectivity index (χ1v) is 7.45. The van der Waals surface area contributed by atoms with E-state index in [9.17, 15) is 0 Å². The van der Waals surface area contributed by atoms with Crippen LogP contribution in [0.2, 0.25) is 5.02 Å². The summed E-state index contributed by atoms with van der Waals surface area (Å²) in [6.45, 7) is 5.39. The Morgan fingerprint density at radius 1 is 1.56 bits per heavy atom. The summed E-state index contributed by atoms with van der Waals surface area (Å²) in [5.74, 6) is 0.938. The van der Waals surface area contributed by atoms with E-state index in [2.05, 4.69) is 24.5 Å². The fourth-order valence-corrected chi connectivity index (χ4v) is 3.39. The lowest BCUT2D eigenvalue weighted by Gasteiger charge is -2.17. The molecule has 1 aliphatic carbocycles. The summed E-state index contributed by atoms with van der Waals surface area (Å²) in [6, 6.07) is 0.485. The molecule has 0 aromatic carbocycles. The highest BCUT2D eigenvalue weighted by Crippen LogP contribution is 2.41. The van der Waals surface area contributed by atoms with E-state index in [-0.39, 0.29) is 0 Å². The van der Waals surface area contributed by atoms with E-state index in [4.69, 9.17) is 11.6 Å². The minimum atomic E-state index is 0.485. The highest BCUT2D eigenvalue weighted by Gasteiger charge is 2.27. The molecule has 16 heavy (non-hydrogen) atoms. The molecule has 1 atom stereocenters. The first-order valence-electron chi connectivity index (χ1n) is 6.19. The molecule has 1 saturated carbocycles. The molecule has 1 nitrogen and oxygen atoms in total. The third-order valence-electron chi connectivity index (χ3n) is 3.15. The van der Waals surface area contributed by atoms with E-state index >= 15 is 0 Å². The molecule has 0 amide bonds. The van der Waals surface area contributed by atoms with Gasteiger partial charge in [0.05, 0.1) is 5.02 Å². The third kappa shape index (κ3) is 2.99. The zero-order valence-electron chi connectivity index (χ0n) is 10.1. The smallest absolute Gasteiger partial charge is 0.0590 e. The average Bonchev–Trinajstić information content (AvgIpc) is 3.03. The summed E-state index contributed by atoms with van der Waals surface area (Å²) in [6.07, 6.45) is 5.27. The lowest BCUT2D eigenvalue weighted by Crippen LogP contribution is -2.22. The van der Waals surface area contributed by atoms with E-state index in [1.54, 1.807) is 0 Å². The van der Waals surface area contributed by atoms with E-state index in [0.717, 1.165) is 17.5 Å². The summed E-state index contributed by atoms with van der Waals surface area (Å²) in [5, 5.41) is 6.79. The molecule has 1 aromatic heterocycles. The average molecular weight is 258 g/mol. The Morgan fingerprint density at radius 3 is 2.81 bits per heavy atom. The molecule has 2 rings (SSSR count). The number of nitrogens with one attached hydrogen (secondary N) is 1. The molecular weight excluding hydrogens is 238 g/mol. The van der Waals surface area contributed by atoms with Gasteiger partial charge in [-0.25, -0.2) is 0 Å². The summed E-state index contributed by atoms with van der Waals surface area (Å²) in [5.41, 5.74) is 1.22. The molecule has 0 saturated heterocycles. The minimum absolute atomic E-state index is 0.485. The van der Waals surface area contributed by atoms with Gasteiger partial charge in [-0.1, -0.05) is 31.4 Å². The Bertz CT molecular complexity index is 344. The second-order valence-electron chi connectivity index (χ2n) is 4.78. The van der Waals surface area contributed by atoms with Crippen molar-refractivity contribution in [2.24, 2.45) is 5.92 Å². The lowest BCUT2D eigenvalue weighted by atomic mass is 10.1. The largest absolute Gasteiger partial charge is 0.309 e. The topological polar surface area (TPSA) is 12.0 Å².